The number of aromatic nitrogens is 2. The number of nitrogens with zero attached hydrogens (tertiary/aromatic N) is 1. The van der Waals surface area contributed by atoms with Gasteiger partial charge in [0, 0.05) is 36.0 Å². The van der Waals surface area contributed by atoms with Crippen LogP contribution in [0.5, 0.6) is 0 Å². The van der Waals surface area contributed by atoms with Crippen LogP contribution in [0.4, 0.5) is 0 Å². The van der Waals surface area contributed by atoms with Crippen LogP contribution in [-0.2, 0) is 11.3 Å². The minimum atomic E-state index is 0.568. The molecule has 1 N–H and O–H groups in total. The van der Waals surface area contributed by atoms with Gasteiger partial charge in [-0.25, -0.2) is 0 Å². The Kier molecular flexibility index (Phi) is 2.82. The molecule has 3 nitrogen and oxygen atoms in total. The molecule has 2 aromatic heterocycles. The van der Waals surface area contributed by atoms with Crippen molar-refractivity contribution in [2.75, 3.05) is 7.11 Å². The lowest BCUT2D eigenvalue weighted by molar-refractivity contribution is 0.182. The zero-order valence-corrected chi connectivity index (χ0v) is 10.2. The van der Waals surface area contributed by atoms with Crippen molar-refractivity contribution >= 4 is 10.9 Å². The molecule has 0 atom stereocenters. The van der Waals surface area contributed by atoms with Crippen LogP contribution in [0.1, 0.15) is 5.69 Å². The van der Waals surface area contributed by atoms with Crippen LogP contribution in [0, 0.1) is 0 Å². The topological polar surface area (TPSA) is 37.9 Å². The van der Waals surface area contributed by atoms with Crippen molar-refractivity contribution in [3.05, 3.63) is 54.5 Å². The smallest absolute Gasteiger partial charge is 0.0868 e. The molecule has 0 aliphatic rings. The van der Waals surface area contributed by atoms with Gasteiger partial charge < -0.3 is 9.72 Å². The maximum absolute atomic E-state index is 5.27. The van der Waals surface area contributed by atoms with E-state index in [0.717, 1.165) is 16.6 Å². The standard InChI is InChI=1S/C15H14N2O/c1-18-10-14-15(11-5-3-2-4-6-11)12-9-16-8-7-13(12)17-14/h2-9,17H,10H2,1H3. The van der Waals surface area contributed by atoms with Gasteiger partial charge in [-0.15, -0.1) is 0 Å². The molecule has 18 heavy (non-hydrogen) atoms. The molecule has 2 heterocycles. The Morgan fingerprint density at radius 3 is 2.78 bits per heavy atom. The minimum Gasteiger partial charge on any atom is -0.378 e. The quantitative estimate of drug-likeness (QED) is 0.759. The van der Waals surface area contributed by atoms with Gasteiger partial charge >= 0.3 is 0 Å². The number of hydrogen-bond donors (Lipinski definition) is 1. The highest BCUT2D eigenvalue weighted by molar-refractivity contribution is 5.96. The number of rotatable bonds is 3. The number of pyridine rings is 1. The Morgan fingerprint density at radius 2 is 2.00 bits per heavy atom. The van der Waals surface area contributed by atoms with Crippen molar-refractivity contribution < 1.29 is 4.74 Å². The third-order valence-corrected chi connectivity index (χ3v) is 3.03. The van der Waals surface area contributed by atoms with E-state index in [1.807, 2.05) is 30.5 Å². The molecule has 0 amide bonds. The summed E-state index contributed by atoms with van der Waals surface area (Å²) in [5.74, 6) is 0. The Morgan fingerprint density at radius 1 is 1.17 bits per heavy atom. The van der Waals surface area contributed by atoms with E-state index in [1.165, 1.54) is 11.1 Å². The SMILES string of the molecule is COCc1[nH]c2ccncc2c1-c1ccccc1. The number of H-pyrrole nitrogens is 1. The van der Waals surface area contributed by atoms with E-state index < -0.39 is 0 Å². The van der Waals surface area contributed by atoms with E-state index >= 15 is 0 Å². The summed E-state index contributed by atoms with van der Waals surface area (Å²) in [5.41, 5.74) is 4.55. The monoisotopic (exact) mass is 238 g/mol. The molecule has 0 saturated carbocycles. The van der Waals surface area contributed by atoms with Crippen LogP contribution < -0.4 is 0 Å². The predicted molar refractivity (Wildman–Crippen MR) is 72.2 cm³/mol. The van der Waals surface area contributed by atoms with Gasteiger partial charge in [-0.3, -0.25) is 4.98 Å². The molecule has 0 aliphatic carbocycles. The molecular weight excluding hydrogens is 224 g/mol. The fourth-order valence-electron chi connectivity index (χ4n) is 2.28. The largest absolute Gasteiger partial charge is 0.378 e. The molecule has 0 saturated heterocycles. The zero-order chi connectivity index (χ0) is 12.4. The van der Waals surface area contributed by atoms with E-state index in [1.54, 1.807) is 13.3 Å². The molecule has 0 unspecified atom stereocenters. The number of benzene rings is 1. The Bertz CT molecular complexity index is 659. The van der Waals surface area contributed by atoms with Gasteiger partial charge in [0.2, 0.25) is 0 Å². The third-order valence-electron chi connectivity index (χ3n) is 3.03. The second kappa shape index (κ2) is 4.63. The van der Waals surface area contributed by atoms with Gasteiger partial charge in [0.1, 0.15) is 0 Å². The zero-order valence-electron chi connectivity index (χ0n) is 10.2. The molecule has 90 valence electrons. The highest BCUT2D eigenvalue weighted by Gasteiger charge is 2.12. The molecule has 0 bridgehead atoms. The van der Waals surface area contributed by atoms with Crippen LogP contribution in [0.3, 0.4) is 0 Å². The van der Waals surface area contributed by atoms with E-state index in [0.29, 0.717) is 6.61 Å². The first-order chi connectivity index (χ1) is 8.90. The first kappa shape index (κ1) is 11.0. The first-order valence-corrected chi connectivity index (χ1v) is 5.89. The predicted octanol–water partition coefficient (Wildman–Crippen LogP) is 3.38. The van der Waals surface area contributed by atoms with Crippen molar-refractivity contribution in [3.8, 4) is 11.1 Å². The van der Waals surface area contributed by atoms with E-state index in [4.69, 9.17) is 4.74 Å². The number of hydrogen-bond acceptors (Lipinski definition) is 2. The van der Waals surface area contributed by atoms with Crippen molar-refractivity contribution in [2.45, 2.75) is 6.61 Å². The van der Waals surface area contributed by atoms with Gasteiger partial charge in [-0.05, 0) is 11.6 Å². The summed E-state index contributed by atoms with van der Waals surface area (Å²) in [6.45, 7) is 0.568. The van der Waals surface area contributed by atoms with Gasteiger partial charge in [0.25, 0.3) is 0 Å². The second-order valence-corrected chi connectivity index (χ2v) is 4.20. The Hall–Kier alpha value is -2.13. The molecule has 0 spiro atoms. The van der Waals surface area contributed by atoms with Gasteiger partial charge in [-0.1, -0.05) is 30.3 Å². The van der Waals surface area contributed by atoms with E-state index in [2.05, 4.69) is 22.1 Å². The van der Waals surface area contributed by atoms with Gasteiger partial charge in [0.05, 0.1) is 12.3 Å². The average Bonchev–Trinajstić information content (AvgIpc) is 2.78. The number of fused-ring (bicyclic) bond motifs is 1. The highest BCUT2D eigenvalue weighted by Crippen LogP contribution is 2.32. The molecule has 3 rings (SSSR count). The third kappa shape index (κ3) is 1.79. The second-order valence-electron chi connectivity index (χ2n) is 4.20. The van der Waals surface area contributed by atoms with Crippen LogP contribution in [0.25, 0.3) is 22.0 Å². The fraction of sp³-hybridized carbons (Fsp3) is 0.133. The Labute approximate surface area is 105 Å². The molecule has 3 heteroatoms. The lowest BCUT2D eigenvalue weighted by Gasteiger charge is -2.03. The molecular formula is C15H14N2O. The normalized spacial score (nSPS) is 10.9. The summed E-state index contributed by atoms with van der Waals surface area (Å²) in [6.07, 6.45) is 3.69. The molecule has 0 aliphatic heterocycles. The molecule has 0 radical (unpaired) electrons. The van der Waals surface area contributed by atoms with E-state index in [-0.39, 0.29) is 0 Å². The van der Waals surface area contributed by atoms with Crippen molar-refractivity contribution in [1.82, 2.24) is 9.97 Å². The lowest BCUT2D eigenvalue weighted by atomic mass is 10.0. The number of aromatic amines is 1. The van der Waals surface area contributed by atoms with Crippen molar-refractivity contribution in [3.63, 3.8) is 0 Å². The Balaban J connectivity index is 2.28. The van der Waals surface area contributed by atoms with Crippen molar-refractivity contribution in [1.29, 1.82) is 0 Å². The summed E-state index contributed by atoms with van der Waals surface area (Å²) >= 11 is 0. The van der Waals surface area contributed by atoms with Crippen molar-refractivity contribution in [2.24, 2.45) is 0 Å². The molecule has 0 fully saturated rings. The summed E-state index contributed by atoms with van der Waals surface area (Å²) in [4.78, 5) is 7.61. The maximum Gasteiger partial charge on any atom is 0.0868 e. The van der Waals surface area contributed by atoms with Gasteiger partial charge in [0.15, 0.2) is 0 Å². The number of ether oxygens (including phenoxy) is 1. The fourth-order valence-corrected chi connectivity index (χ4v) is 2.28. The van der Waals surface area contributed by atoms with Crippen LogP contribution in [-0.4, -0.2) is 17.1 Å². The maximum atomic E-state index is 5.27. The summed E-state index contributed by atoms with van der Waals surface area (Å²) in [6, 6.07) is 12.3. The van der Waals surface area contributed by atoms with Crippen LogP contribution >= 0.6 is 0 Å². The minimum absolute atomic E-state index is 0.568. The van der Waals surface area contributed by atoms with Gasteiger partial charge in [-0.2, -0.15) is 0 Å². The first-order valence-electron chi connectivity index (χ1n) is 5.89. The highest BCUT2D eigenvalue weighted by atomic mass is 16.5. The molecule has 1 aromatic carbocycles. The number of methoxy groups -OCH3 is 1. The van der Waals surface area contributed by atoms with Crippen LogP contribution in [0.15, 0.2) is 48.8 Å². The number of nitrogens with one attached hydrogen (secondary N) is 1. The van der Waals surface area contributed by atoms with Crippen LogP contribution in [0.2, 0.25) is 0 Å². The van der Waals surface area contributed by atoms with E-state index in [9.17, 15) is 0 Å². The summed E-state index contributed by atoms with van der Waals surface area (Å²) < 4.78 is 5.27. The molecule has 3 aromatic rings. The summed E-state index contributed by atoms with van der Waals surface area (Å²) in [7, 11) is 1.71. The average molecular weight is 238 g/mol. The lowest BCUT2D eigenvalue weighted by Crippen LogP contribution is -1.90. The summed E-state index contributed by atoms with van der Waals surface area (Å²) in [5, 5.41) is 1.13.